The Labute approximate surface area is 200 Å². The van der Waals surface area contributed by atoms with Crippen molar-refractivity contribution in [1.82, 2.24) is 20.2 Å². The molecule has 0 spiro atoms. The third-order valence-corrected chi connectivity index (χ3v) is 5.86. The summed E-state index contributed by atoms with van der Waals surface area (Å²) in [7, 11) is 0. The quantitative estimate of drug-likeness (QED) is 0.457. The van der Waals surface area contributed by atoms with Crippen LogP contribution >= 0.6 is 0 Å². The van der Waals surface area contributed by atoms with Crippen molar-refractivity contribution < 1.29 is 13.6 Å². The molecular weight excluding hydrogens is 450 g/mol. The van der Waals surface area contributed by atoms with Gasteiger partial charge in [-0.1, -0.05) is 64.8 Å². The number of benzene rings is 3. The van der Waals surface area contributed by atoms with Crippen LogP contribution in [0.25, 0.3) is 5.70 Å². The van der Waals surface area contributed by atoms with E-state index in [0.717, 1.165) is 40.1 Å². The van der Waals surface area contributed by atoms with Gasteiger partial charge in [-0.05, 0) is 53.6 Å². The maximum absolute atomic E-state index is 13.6. The van der Waals surface area contributed by atoms with Crippen molar-refractivity contribution in [2.75, 3.05) is 16.8 Å². The van der Waals surface area contributed by atoms with E-state index in [-0.39, 0.29) is 18.3 Å². The summed E-state index contributed by atoms with van der Waals surface area (Å²) in [5.74, 6) is -2.05. The highest BCUT2D eigenvalue weighted by atomic mass is 19.2. The summed E-state index contributed by atoms with van der Waals surface area (Å²) in [6.07, 6.45) is 2.02. The van der Waals surface area contributed by atoms with Crippen LogP contribution in [0, 0.1) is 25.5 Å². The summed E-state index contributed by atoms with van der Waals surface area (Å²) in [6.45, 7) is 3.88. The highest BCUT2D eigenvalue weighted by Gasteiger charge is 2.32. The second kappa shape index (κ2) is 9.09. The Morgan fingerprint density at radius 1 is 0.943 bits per heavy atom. The number of nitrogens with zero attached hydrogens (tertiary/aromatic N) is 5. The van der Waals surface area contributed by atoms with Crippen LogP contribution in [0.15, 0.2) is 72.8 Å². The minimum atomic E-state index is -1.04. The maximum atomic E-state index is 13.6. The van der Waals surface area contributed by atoms with Gasteiger partial charge < -0.3 is 5.32 Å². The van der Waals surface area contributed by atoms with Gasteiger partial charge in [-0.25, -0.2) is 8.78 Å². The molecule has 0 fully saturated rings. The molecule has 35 heavy (non-hydrogen) atoms. The van der Waals surface area contributed by atoms with E-state index in [1.165, 1.54) is 6.07 Å². The molecule has 9 heteroatoms. The van der Waals surface area contributed by atoms with Gasteiger partial charge in [0.05, 0.1) is 5.70 Å². The molecule has 3 aromatic carbocycles. The monoisotopic (exact) mass is 472 g/mol. The molecule has 1 atom stereocenters. The van der Waals surface area contributed by atoms with E-state index in [0.29, 0.717) is 5.95 Å². The van der Waals surface area contributed by atoms with Gasteiger partial charge >= 0.3 is 0 Å². The van der Waals surface area contributed by atoms with E-state index in [2.05, 4.69) is 20.8 Å². The number of rotatable bonds is 5. The fourth-order valence-corrected chi connectivity index (χ4v) is 4.02. The molecule has 0 unspecified atom stereocenters. The molecule has 1 aromatic heterocycles. The zero-order chi connectivity index (χ0) is 24.5. The molecule has 2 heterocycles. The van der Waals surface area contributed by atoms with E-state index >= 15 is 0 Å². The number of allylic oxidation sites excluding steroid dienone is 1. The number of tetrazole rings is 1. The van der Waals surface area contributed by atoms with E-state index in [1.807, 2.05) is 68.5 Å². The Bertz CT molecular complexity index is 1410. The number of nitrogens with one attached hydrogen (secondary N) is 1. The normalized spacial score (nSPS) is 14.9. The van der Waals surface area contributed by atoms with Gasteiger partial charge in [-0.3, -0.25) is 9.69 Å². The topological polar surface area (TPSA) is 75.9 Å². The number of hydrogen-bond acceptors (Lipinski definition) is 5. The van der Waals surface area contributed by atoms with Crippen LogP contribution in [0.4, 0.5) is 20.4 Å². The molecule has 1 amide bonds. The Balaban J connectivity index is 1.52. The molecule has 0 aliphatic carbocycles. The standard InChI is InChI=1S/C26H22F2N6O/c1-16-3-7-18(8-4-16)23-14-24(19-9-5-17(2)6-10-19)34-26(30-31-32-34)33(23)15-25(35)29-20-11-12-21(27)22(28)13-20/h3-14,24H,15H2,1-2H3,(H,29,35)/t24-/m1/s1. The summed E-state index contributed by atoms with van der Waals surface area (Å²) in [5, 5.41) is 14.9. The van der Waals surface area contributed by atoms with Crippen LogP contribution in [-0.2, 0) is 4.79 Å². The van der Waals surface area contributed by atoms with E-state index in [4.69, 9.17) is 0 Å². The van der Waals surface area contributed by atoms with Gasteiger partial charge in [0, 0.05) is 11.8 Å². The van der Waals surface area contributed by atoms with Crippen molar-refractivity contribution in [2.45, 2.75) is 19.9 Å². The lowest BCUT2D eigenvalue weighted by Gasteiger charge is -2.32. The first-order valence-corrected chi connectivity index (χ1v) is 11.0. The predicted octanol–water partition coefficient (Wildman–Crippen LogP) is 4.66. The number of hydrogen-bond donors (Lipinski definition) is 1. The van der Waals surface area contributed by atoms with Crippen LogP contribution in [0.3, 0.4) is 0 Å². The summed E-state index contributed by atoms with van der Waals surface area (Å²) >= 11 is 0. The fraction of sp³-hybridized carbons (Fsp3) is 0.154. The largest absolute Gasteiger partial charge is 0.324 e. The molecule has 0 saturated carbocycles. The van der Waals surface area contributed by atoms with Gasteiger partial charge in [-0.15, -0.1) is 0 Å². The highest BCUT2D eigenvalue weighted by Crippen LogP contribution is 2.36. The van der Waals surface area contributed by atoms with Crippen molar-refractivity contribution >= 4 is 23.2 Å². The average molecular weight is 472 g/mol. The summed E-state index contributed by atoms with van der Waals surface area (Å²) in [5.41, 5.74) is 5.05. The van der Waals surface area contributed by atoms with Crippen LogP contribution < -0.4 is 10.2 Å². The average Bonchev–Trinajstić information content (AvgIpc) is 3.33. The summed E-state index contributed by atoms with van der Waals surface area (Å²) in [6, 6.07) is 19.0. The van der Waals surface area contributed by atoms with Crippen LogP contribution in [0.5, 0.6) is 0 Å². The molecule has 176 valence electrons. The highest BCUT2D eigenvalue weighted by molar-refractivity contribution is 5.97. The van der Waals surface area contributed by atoms with Crippen molar-refractivity contribution in [3.05, 3.63) is 107 Å². The number of aryl methyl sites for hydroxylation is 2. The molecule has 1 N–H and O–H groups in total. The van der Waals surface area contributed by atoms with Crippen LogP contribution in [0.1, 0.15) is 28.3 Å². The van der Waals surface area contributed by atoms with Gasteiger partial charge in [0.15, 0.2) is 11.6 Å². The molecule has 7 nitrogen and oxygen atoms in total. The first-order chi connectivity index (χ1) is 16.9. The first-order valence-electron chi connectivity index (χ1n) is 11.0. The lowest BCUT2D eigenvalue weighted by molar-refractivity contribution is -0.114. The van der Waals surface area contributed by atoms with E-state index in [9.17, 15) is 13.6 Å². The number of anilines is 2. The smallest absolute Gasteiger partial charge is 0.251 e. The first kappa shape index (κ1) is 22.4. The minimum absolute atomic E-state index is 0.139. The zero-order valence-corrected chi connectivity index (χ0v) is 19.1. The van der Waals surface area contributed by atoms with Crippen molar-refractivity contribution in [1.29, 1.82) is 0 Å². The van der Waals surface area contributed by atoms with E-state index < -0.39 is 17.5 Å². The van der Waals surface area contributed by atoms with Gasteiger partial charge in [0.2, 0.25) is 5.91 Å². The number of aromatic nitrogens is 4. The Kier molecular flexibility index (Phi) is 5.82. The van der Waals surface area contributed by atoms with E-state index in [1.54, 1.807) is 9.58 Å². The number of carbonyl (C=O) groups is 1. The lowest BCUT2D eigenvalue weighted by Crippen LogP contribution is -2.37. The zero-order valence-electron chi connectivity index (χ0n) is 19.1. The number of fused-ring (bicyclic) bond motifs is 1. The molecule has 1 aliphatic rings. The minimum Gasteiger partial charge on any atom is -0.324 e. The molecule has 0 bridgehead atoms. The van der Waals surface area contributed by atoms with Crippen molar-refractivity contribution in [3.63, 3.8) is 0 Å². The van der Waals surface area contributed by atoms with Crippen molar-refractivity contribution in [2.24, 2.45) is 0 Å². The van der Waals surface area contributed by atoms with Crippen LogP contribution in [-0.4, -0.2) is 32.7 Å². The third-order valence-electron chi connectivity index (χ3n) is 5.86. The van der Waals surface area contributed by atoms with Gasteiger partial charge in [0.1, 0.15) is 12.6 Å². The molecule has 5 rings (SSSR count). The molecule has 0 radical (unpaired) electrons. The second-order valence-corrected chi connectivity index (χ2v) is 8.46. The number of amides is 1. The van der Waals surface area contributed by atoms with Gasteiger partial charge in [0.25, 0.3) is 5.95 Å². The third kappa shape index (κ3) is 4.52. The Morgan fingerprint density at radius 2 is 1.63 bits per heavy atom. The van der Waals surface area contributed by atoms with Crippen LogP contribution in [0.2, 0.25) is 0 Å². The second-order valence-electron chi connectivity index (χ2n) is 8.46. The number of carbonyl (C=O) groups excluding carboxylic acids is 1. The molecule has 0 saturated heterocycles. The predicted molar refractivity (Wildman–Crippen MR) is 129 cm³/mol. The Morgan fingerprint density at radius 3 is 2.31 bits per heavy atom. The number of halogens is 2. The maximum Gasteiger partial charge on any atom is 0.251 e. The molecule has 4 aromatic rings. The lowest BCUT2D eigenvalue weighted by atomic mass is 9.99. The van der Waals surface area contributed by atoms with Gasteiger partial charge in [-0.2, -0.15) is 4.68 Å². The molecular formula is C26H22F2N6O. The molecule has 1 aliphatic heterocycles. The SMILES string of the molecule is Cc1ccc(C2=C[C@H](c3ccc(C)cc3)n3nnnc3N2CC(=O)Nc2ccc(F)c(F)c2)cc1. The van der Waals surface area contributed by atoms with Crippen molar-refractivity contribution in [3.8, 4) is 0 Å². The summed E-state index contributed by atoms with van der Waals surface area (Å²) < 4.78 is 28.5. The Hall–Kier alpha value is -4.40. The summed E-state index contributed by atoms with van der Waals surface area (Å²) in [4.78, 5) is 14.7. The fourth-order valence-electron chi connectivity index (χ4n) is 4.02.